The zero-order chi connectivity index (χ0) is 21.2. The van der Waals surface area contributed by atoms with Gasteiger partial charge < -0.3 is 10.8 Å². The number of nitriles is 1. The molecule has 1 unspecified atom stereocenters. The molecule has 2 heterocycles. The molecule has 3 rings (SSSR count). The summed E-state index contributed by atoms with van der Waals surface area (Å²) in [6, 6.07) is 9.19. The maximum absolute atomic E-state index is 11.2. The first kappa shape index (κ1) is 20.6. The Bertz CT molecular complexity index is 1040. The van der Waals surface area contributed by atoms with Crippen LogP contribution in [0, 0.1) is 11.3 Å². The fourth-order valence-corrected chi connectivity index (χ4v) is 3.12. The molecule has 7 nitrogen and oxygen atoms in total. The van der Waals surface area contributed by atoms with Crippen LogP contribution in [0.3, 0.4) is 0 Å². The molecule has 7 heteroatoms. The van der Waals surface area contributed by atoms with Gasteiger partial charge in [0.25, 0.3) is 0 Å². The second kappa shape index (κ2) is 8.11. The summed E-state index contributed by atoms with van der Waals surface area (Å²) < 4.78 is 1.68. The lowest BCUT2D eigenvalue weighted by Crippen LogP contribution is -2.12. The van der Waals surface area contributed by atoms with Crippen LogP contribution in [-0.2, 0) is 18.9 Å². The van der Waals surface area contributed by atoms with Gasteiger partial charge in [0.05, 0.1) is 23.0 Å². The predicted molar refractivity (Wildman–Crippen MR) is 111 cm³/mol. The fourth-order valence-electron chi connectivity index (χ4n) is 3.12. The van der Waals surface area contributed by atoms with E-state index in [9.17, 15) is 10.4 Å². The molecular weight excluding hydrogens is 364 g/mol. The van der Waals surface area contributed by atoms with E-state index in [1.165, 1.54) is 0 Å². The van der Waals surface area contributed by atoms with E-state index in [0.29, 0.717) is 41.2 Å². The summed E-state index contributed by atoms with van der Waals surface area (Å²) >= 11 is 0. The van der Waals surface area contributed by atoms with Crippen LogP contribution in [0.1, 0.15) is 55.0 Å². The molecule has 0 saturated heterocycles. The Morgan fingerprint density at radius 2 is 1.90 bits per heavy atom. The number of aromatic nitrogens is 4. The topological polar surface area (TPSA) is 114 Å². The highest BCUT2D eigenvalue weighted by molar-refractivity contribution is 5.63. The zero-order valence-electron chi connectivity index (χ0n) is 17.2. The molecule has 0 amide bonds. The van der Waals surface area contributed by atoms with Crippen molar-refractivity contribution in [2.75, 3.05) is 6.54 Å². The van der Waals surface area contributed by atoms with Crippen molar-refractivity contribution in [2.45, 2.75) is 38.7 Å². The minimum Gasteiger partial charge on any atom is -0.382 e. The van der Waals surface area contributed by atoms with Crippen molar-refractivity contribution in [1.82, 2.24) is 19.7 Å². The number of aliphatic hydroxyl groups excluding tert-OH is 1. The second-order valence-corrected chi connectivity index (χ2v) is 8.10. The number of hydrogen-bond donors (Lipinski definition) is 2. The summed E-state index contributed by atoms with van der Waals surface area (Å²) in [5.41, 5.74) is 9.63. The van der Waals surface area contributed by atoms with Crippen LogP contribution in [0.5, 0.6) is 0 Å². The average molecular weight is 390 g/mol. The minimum atomic E-state index is -0.973. The SMILES string of the molecule is Cn1nc(C(C)(C)C)cc1C(O)c1cc(C#N)ccc1-c1ncc(CCN)cn1. The normalized spacial score (nSPS) is 12.6. The number of nitrogens with zero attached hydrogens (tertiary/aromatic N) is 5. The van der Waals surface area contributed by atoms with Gasteiger partial charge in [0, 0.05) is 30.4 Å². The minimum absolute atomic E-state index is 0.144. The Kier molecular flexibility index (Phi) is 5.78. The molecule has 1 atom stereocenters. The number of hydrogen-bond acceptors (Lipinski definition) is 6. The van der Waals surface area contributed by atoms with Gasteiger partial charge in [-0.1, -0.05) is 20.8 Å². The van der Waals surface area contributed by atoms with Crippen molar-refractivity contribution in [3.63, 3.8) is 0 Å². The first-order valence-electron chi connectivity index (χ1n) is 9.52. The molecule has 0 bridgehead atoms. The maximum Gasteiger partial charge on any atom is 0.159 e. The summed E-state index contributed by atoms with van der Waals surface area (Å²) in [7, 11) is 1.81. The van der Waals surface area contributed by atoms with Gasteiger partial charge in [0.1, 0.15) is 6.10 Å². The molecule has 0 radical (unpaired) electrons. The van der Waals surface area contributed by atoms with Crippen LogP contribution in [0.15, 0.2) is 36.7 Å². The lowest BCUT2D eigenvalue weighted by molar-refractivity contribution is 0.210. The molecule has 3 aromatic rings. The van der Waals surface area contributed by atoms with Gasteiger partial charge in [0.2, 0.25) is 0 Å². The molecule has 150 valence electrons. The number of nitrogens with two attached hydrogens (primary N) is 1. The predicted octanol–water partition coefficient (Wildman–Crippen LogP) is 2.63. The quantitative estimate of drug-likeness (QED) is 0.692. The Balaban J connectivity index is 2.08. The van der Waals surface area contributed by atoms with Crippen LogP contribution in [-0.4, -0.2) is 31.4 Å². The van der Waals surface area contributed by atoms with Crippen molar-refractivity contribution in [3.8, 4) is 17.5 Å². The van der Waals surface area contributed by atoms with Crippen LogP contribution in [0.25, 0.3) is 11.4 Å². The summed E-state index contributed by atoms with van der Waals surface area (Å²) in [4.78, 5) is 8.89. The molecule has 0 aliphatic heterocycles. The number of rotatable bonds is 5. The van der Waals surface area contributed by atoms with Crippen LogP contribution < -0.4 is 5.73 Å². The molecule has 29 heavy (non-hydrogen) atoms. The third kappa shape index (κ3) is 4.34. The highest BCUT2D eigenvalue weighted by Crippen LogP contribution is 2.33. The fraction of sp³-hybridized carbons (Fsp3) is 0.364. The van der Waals surface area contributed by atoms with Crippen molar-refractivity contribution >= 4 is 0 Å². The number of aliphatic hydroxyl groups is 1. The van der Waals surface area contributed by atoms with E-state index in [4.69, 9.17) is 5.73 Å². The molecule has 0 spiro atoms. The van der Waals surface area contributed by atoms with E-state index < -0.39 is 6.10 Å². The van der Waals surface area contributed by atoms with Gasteiger partial charge in [-0.25, -0.2) is 9.97 Å². The van der Waals surface area contributed by atoms with E-state index >= 15 is 0 Å². The highest BCUT2D eigenvalue weighted by Gasteiger charge is 2.25. The van der Waals surface area contributed by atoms with Crippen LogP contribution in [0.4, 0.5) is 0 Å². The third-order valence-electron chi connectivity index (χ3n) is 4.82. The summed E-state index contributed by atoms with van der Waals surface area (Å²) in [6.07, 6.45) is 3.21. The molecule has 0 aliphatic rings. The summed E-state index contributed by atoms with van der Waals surface area (Å²) in [5, 5.41) is 25.1. The van der Waals surface area contributed by atoms with Gasteiger partial charge >= 0.3 is 0 Å². The Hall–Kier alpha value is -3.08. The number of benzene rings is 1. The van der Waals surface area contributed by atoms with Gasteiger partial charge in [-0.15, -0.1) is 0 Å². The smallest absolute Gasteiger partial charge is 0.159 e. The monoisotopic (exact) mass is 390 g/mol. The van der Waals surface area contributed by atoms with Gasteiger partial charge in [0.15, 0.2) is 5.82 Å². The largest absolute Gasteiger partial charge is 0.382 e. The Morgan fingerprint density at radius 3 is 2.45 bits per heavy atom. The van der Waals surface area contributed by atoms with E-state index in [1.807, 2.05) is 6.07 Å². The van der Waals surface area contributed by atoms with Crippen molar-refractivity contribution in [1.29, 1.82) is 5.26 Å². The molecule has 0 fully saturated rings. The molecule has 1 aromatic carbocycles. The average Bonchev–Trinajstić information content (AvgIpc) is 3.10. The highest BCUT2D eigenvalue weighted by atomic mass is 16.3. The van der Waals surface area contributed by atoms with Crippen molar-refractivity contribution < 1.29 is 5.11 Å². The Morgan fingerprint density at radius 1 is 1.21 bits per heavy atom. The van der Waals surface area contributed by atoms with E-state index in [2.05, 4.69) is 41.9 Å². The molecule has 3 N–H and O–H groups in total. The lowest BCUT2D eigenvalue weighted by Gasteiger charge is -2.16. The van der Waals surface area contributed by atoms with Gasteiger partial charge in [-0.2, -0.15) is 10.4 Å². The first-order chi connectivity index (χ1) is 13.7. The van der Waals surface area contributed by atoms with Gasteiger partial charge in [-0.05, 0) is 48.4 Å². The van der Waals surface area contributed by atoms with Crippen LogP contribution in [0.2, 0.25) is 0 Å². The molecule has 0 aliphatic carbocycles. The lowest BCUT2D eigenvalue weighted by atomic mass is 9.91. The van der Waals surface area contributed by atoms with E-state index in [0.717, 1.165) is 11.3 Å². The Labute approximate surface area is 170 Å². The maximum atomic E-state index is 11.2. The molecule has 2 aromatic heterocycles. The standard InChI is InChI=1S/C22H26N6O/c1-22(2,3)19-10-18(28(4)27-19)20(29)17-9-14(11-24)5-6-16(17)21-25-12-15(7-8-23)13-26-21/h5-6,9-10,12-13,20,29H,7-8,23H2,1-4H3. The van der Waals surface area contributed by atoms with E-state index in [-0.39, 0.29) is 5.41 Å². The molecular formula is C22H26N6O. The molecule has 0 saturated carbocycles. The first-order valence-corrected chi connectivity index (χ1v) is 9.52. The van der Waals surface area contributed by atoms with Crippen molar-refractivity contribution in [3.05, 3.63) is 64.7 Å². The number of aryl methyl sites for hydroxylation is 1. The summed E-state index contributed by atoms with van der Waals surface area (Å²) in [6.45, 7) is 6.75. The third-order valence-corrected chi connectivity index (χ3v) is 4.82. The summed E-state index contributed by atoms with van der Waals surface area (Å²) in [5.74, 6) is 0.488. The zero-order valence-corrected chi connectivity index (χ0v) is 17.2. The van der Waals surface area contributed by atoms with Crippen molar-refractivity contribution in [2.24, 2.45) is 12.8 Å². The van der Waals surface area contributed by atoms with E-state index in [1.54, 1.807) is 42.3 Å². The second-order valence-electron chi connectivity index (χ2n) is 8.10. The van der Waals surface area contributed by atoms with Crippen LogP contribution >= 0.6 is 0 Å². The van der Waals surface area contributed by atoms with Gasteiger partial charge in [-0.3, -0.25) is 4.68 Å².